The number of benzene rings is 2. The minimum Gasteiger partial charge on any atom is -0.497 e. The van der Waals surface area contributed by atoms with Crippen LogP contribution in [-0.2, 0) is 9.16 Å². The van der Waals surface area contributed by atoms with Crippen molar-refractivity contribution in [2.24, 2.45) is 10.9 Å². The molecule has 2 aromatic carbocycles. The van der Waals surface area contributed by atoms with Gasteiger partial charge < -0.3 is 13.9 Å². The molecule has 2 aromatic rings. The number of hydrogen-bond acceptors (Lipinski definition) is 4. The van der Waals surface area contributed by atoms with Crippen molar-refractivity contribution in [3.05, 3.63) is 60.2 Å². The monoisotopic (exact) mass is 425 g/mol. The van der Waals surface area contributed by atoms with Crippen LogP contribution in [0, 0.1) is 5.92 Å². The second-order valence-electron chi connectivity index (χ2n) is 9.45. The van der Waals surface area contributed by atoms with E-state index in [-0.39, 0.29) is 23.2 Å². The summed E-state index contributed by atoms with van der Waals surface area (Å²) in [6.45, 7) is 13.6. The summed E-state index contributed by atoms with van der Waals surface area (Å²) in [7, 11) is -0.312. The largest absolute Gasteiger partial charge is 0.497 e. The number of methoxy groups -OCH3 is 1. The number of aliphatic imine (C=N–C) groups is 1. The first-order chi connectivity index (χ1) is 14.2. The van der Waals surface area contributed by atoms with Gasteiger partial charge in [0.2, 0.25) is 0 Å². The predicted molar refractivity (Wildman–Crippen MR) is 126 cm³/mol. The van der Waals surface area contributed by atoms with Crippen LogP contribution in [0.4, 0.5) is 5.69 Å². The smallest absolute Gasteiger partial charge is 0.195 e. The number of hydrogen-bond donors (Lipinski definition) is 0. The van der Waals surface area contributed by atoms with Gasteiger partial charge in [0.15, 0.2) is 14.2 Å². The van der Waals surface area contributed by atoms with Crippen molar-refractivity contribution in [3.8, 4) is 5.75 Å². The molecule has 0 radical (unpaired) electrons. The maximum atomic E-state index is 6.90. The maximum Gasteiger partial charge on any atom is 0.195 e. The Morgan fingerprint density at radius 2 is 1.67 bits per heavy atom. The number of rotatable bonds is 7. The Kier molecular flexibility index (Phi) is 6.73. The van der Waals surface area contributed by atoms with Crippen molar-refractivity contribution in [3.63, 3.8) is 0 Å². The van der Waals surface area contributed by atoms with Gasteiger partial charge in [0, 0.05) is 0 Å². The molecule has 1 heterocycles. The molecule has 0 N–H and O–H groups in total. The van der Waals surface area contributed by atoms with E-state index < -0.39 is 8.32 Å². The van der Waals surface area contributed by atoms with Gasteiger partial charge in [-0.2, -0.15) is 0 Å². The van der Waals surface area contributed by atoms with Crippen molar-refractivity contribution in [1.82, 2.24) is 0 Å². The molecule has 162 valence electrons. The molecule has 0 unspecified atom stereocenters. The third-order valence-corrected chi connectivity index (χ3v) is 10.8. The van der Waals surface area contributed by atoms with E-state index >= 15 is 0 Å². The second-order valence-corrected chi connectivity index (χ2v) is 14.2. The van der Waals surface area contributed by atoms with E-state index in [4.69, 9.17) is 18.9 Å². The molecular weight excluding hydrogens is 390 g/mol. The lowest BCUT2D eigenvalue weighted by Crippen LogP contribution is -2.52. The Morgan fingerprint density at radius 3 is 2.20 bits per heavy atom. The first-order valence-electron chi connectivity index (χ1n) is 10.8. The van der Waals surface area contributed by atoms with Crippen molar-refractivity contribution in [2.75, 3.05) is 7.11 Å². The molecule has 1 aliphatic heterocycles. The van der Waals surface area contributed by atoms with Gasteiger partial charge in [-0.05, 0) is 54.4 Å². The van der Waals surface area contributed by atoms with Gasteiger partial charge in [-0.15, -0.1) is 0 Å². The molecule has 0 amide bonds. The van der Waals surface area contributed by atoms with Gasteiger partial charge in [0.25, 0.3) is 0 Å². The summed E-state index contributed by atoms with van der Waals surface area (Å²) in [6, 6.07) is 18.2. The zero-order valence-corrected chi connectivity index (χ0v) is 20.3. The molecule has 3 atom stereocenters. The summed E-state index contributed by atoms with van der Waals surface area (Å²) >= 11 is 0. The van der Waals surface area contributed by atoms with E-state index in [0.29, 0.717) is 0 Å². The average molecular weight is 426 g/mol. The molecule has 0 saturated carbocycles. The van der Waals surface area contributed by atoms with Crippen molar-refractivity contribution in [1.29, 1.82) is 0 Å². The molecule has 4 nitrogen and oxygen atoms in total. The summed E-state index contributed by atoms with van der Waals surface area (Å²) < 4.78 is 18.4. The van der Waals surface area contributed by atoms with E-state index in [1.54, 1.807) is 7.11 Å². The topological polar surface area (TPSA) is 40.0 Å². The first kappa shape index (κ1) is 22.6. The molecule has 0 aliphatic carbocycles. The van der Waals surface area contributed by atoms with Crippen LogP contribution in [0.5, 0.6) is 5.75 Å². The highest BCUT2D eigenvalue weighted by Crippen LogP contribution is 2.45. The van der Waals surface area contributed by atoms with E-state index in [2.05, 4.69) is 65.1 Å². The minimum absolute atomic E-state index is 0.0245. The van der Waals surface area contributed by atoms with E-state index in [0.717, 1.165) is 23.8 Å². The van der Waals surface area contributed by atoms with Gasteiger partial charge in [-0.3, -0.25) is 0 Å². The number of ether oxygens (including phenoxy) is 2. The predicted octanol–water partition coefficient (Wildman–Crippen LogP) is 6.91. The van der Waals surface area contributed by atoms with Crippen molar-refractivity contribution in [2.45, 2.75) is 64.5 Å². The average Bonchev–Trinajstić information content (AvgIpc) is 2.70. The van der Waals surface area contributed by atoms with E-state index in [1.807, 2.05) is 30.3 Å². The lowest BCUT2D eigenvalue weighted by molar-refractivity contribution is -0.0423. The van der Waals surface area contributed by atoms with Crippen LogP contribution in [-0.4, -0.2) is 27.4 Å². The van der Waals surface area contributed by atoms with Gasteiger partial charge in [-0.25, -0.2) is 4.99 Å². The molecule has 5 heteroatoms. The fourth-order valence-electron chi connectivity index (χ4n) is 3.41. The molecule has 1 aliphatic rings. The third kappa shape index (κ3) is 4.78. The second kappa shape index (κ2) is 8.94. The van der Waals surface area contributed by atoms with Crippen LogP contribution in [0.25, 0.3) is 0 Å². The van der Waals surface area contributed by atoms with Crippen molar-refractivity contribution < 1.29 is 13.9 Å². The molecule has 0 spiro atoms. The van der Waals surface area contributed by atoms with Gasteiger partial charge >= 0.3 is 0 Å². The summed E-state index contributed by atoms with van der Waals surface area (Å²) in [5.41, 5.74) is 2.05. The quantitative estimate of drug-likeness (QED) is 0.452. The molecule has 1 fully saturated rings. The third-order valence-electron chi connectivity index (χ3n) is 6.38. The highest BCUT2D eigenvalue weighted by molar-refractivity contribution is 6.74. The Labute approximate surface area is 182 Å². The molecule has 30 heavy (non-hydrogen) atoms. The maximum absolute atomic E-state index is 6.90. The minimum atomic E-state index is -1.98. The van der Waals surface area contributed by atoms with Crippen LogP contribution in [0.3, 0.4) is 0 Å². The van der Waals surface area contributed by atoms with Crippen LogP contribution >= 0.6 is 0 Å². The van der Waals surface area contributed by atoms with Crippen molar-refractivity contribution >= 4 is 19.9 Å². The van der Waals surface area contributed by atoms with E-state index in [1.165, 1.54) is 5.56 Å². The lowest BCUT2D eigenvalue weighted by Gasteiger charge is -2.47. The van der Waals surface area contributed by atoms with Crippen LogP contribution < -0.4 is 4.74 Å². The van der Waals surface area contributed by atoms with Gasteiger partial charge in [0.1, 0.15) is 18.0 Å². The zero-order chi connectivity index (χ0) is 21.9. The molecule has 3 rings (SSSR count). The Bertz CT molecular complexity index is 856. The molecule has 0 aromatic heterocycles. The standard InChI is InChI=1S/C25H35NO3Si/c1-8-21-23(28-24(21)26-19-14-16-20(27-5)17-15-19)22(18-12-10-9-11-13-18)29-30(6,7)25(2,3)4/h9-17,21-23H,8H2,1-7H3/t21-,22+,23-/m1/s1. The molecule has 1 saturated heterocycles. The highest BCUT2D eigenvalue weighted by Gasteiger charge is 2.49. The first-order valence-corrected chi connectivity index (χ1v) is 13.7. The van der Waals surface area contributed by atoms with Gasteiger partial charge in [0.05, 0.1) is 18.7 Å². The fraction of sp³-hybridized carbons (Fsp3) is 0.480. The Hall–Kier alpha value is -2.11. The lowest BCUT2D eigenvalue weighted by atomic mass is 9.86. The summed E-state index contributed by atoms with van der Waals surface area (Å²) in [5, 5.41) is 0.130. The Morgan fingerprint density at radius 1 is 1.03 bits per heavy atom. The molecular formula is C25H35NO3Si. The van der Waals surface area contributed by atoms with Crippen LogP contribution in [0.15, 0.2) is 59.6 Å². The number of nitrogens with zero attached hydrogens (tertiary/aromatic N) is 1. The van der Waals surface area contributed by atoms with Crippen LogP contribution in [0.1, 0.15) is 45.8 Å². The normalized spacial score (nSPS) is 21.6. The van der Waals surface area contributed by atoms with Gasteiger partial charge in [-0.1, -0.05) is 58.0 Å². The van der Waals surface area contributed by atoms with Crippen LogP contribution in [0.2, 0.25) is 18.1 Å². The summed E-state index contributed by atoms with van der Waals surface area (Å²) in [5.74, 6) is 1.86. The Balaban J connectivity index is 1.86. The summed E-state index contributed by atoms with van der Waals surface area (Å²) in [6.07, 6.45) is 0.847. The highest BCUT2D eigenvalue weighted by atomic mass is 28.4. The SMILES string of the molecule is CC[C@H]1C(=Nc2ccc(OC)cc2)O[C@H]1[C@@H](O[Si](C)(C)C(C)(C)C)c1ccccc1. The zero-order valence-electron chi connectivity index (χ0n) is 19.3. The fourth-order valence-corrected chi connectivity index (χ4v) is 4.67. The summed E-state index contributed by atoms with van der Waals surface area (Å²) in [4.78, 5) is 4.76. The van der Waals surface area contributed by atoms with E-state index in [9.17, 15) is 0 Å². The molecule has 0 bridgehead atoms.